The fraction of sp³-hybridized carbons (Fsp3) is 0.300. The molecule has 130 valence electrons. The van der Waals surface area contributed by atoms with Crippen LogP contribution in [0.15, 0.2) is 42.5 Å². The monoisotopic (exact) mass is 338 g/mol. The molecule has 1 N–H and O–H groups in total. The minimum absolute atomic E-state index is 0.123. The summed E-state index contributed by atoms with van der Waals surface area (Å²) in [6, 6.07) is 15.4. The van der Waals surface area contributed by atoms with E-state index < -0.39 is 0 Å². The van der Waals surface area contributed by atoms with Gasteiger partial charge < -0.3 is 14.8 Å². The van der Waals surface area contributed by atoms with E-state index in [4.69, 9.17) is 14.7 Å². The lowest BCUT2D eigenvalue weighted by atomic mass is 10.1. The van der Waals surface area contributed by atoms with Crippen LogP contribution in [0.1, 0.15) is 23.1 Å². The van der Waals surface area contributed by atoms with E-state index >= 15 is 0 Å². The highest BCUT2D eigenvalue weighted by molar-refractivity contribution is 5.77. The van der Waals surface area contributed by atoms with Crippen molar-refractivity contribution in [2.24, 2.45) is 0 Å². The number of amides is 1. The van der Waals surface area contributed by atoms with Crippen molar-refractivity contribution in [1.82, 2.24) is 5.32 Å². The van der Waals surface area contributed by atoms with Gasteiger partial charge in [-0.15, -0.1) is 0 Å². The summed E-state index contributed by atoms with van der Waals surface area (Å²) in [6.45, 7) is 5.37. The number of ether oxygens (including phenoxy) is 2. The van der Waals surface area contributed by atoms with Crippen LogP contribution in [0.5, 0.6) is 11.5 Å². The molecule has 0 saturated carbocycles. The number of rotatable bonds is 8. The molecule has 0 aliphatic rings. The van der Waals surface area contributed by atoms with Crippen molar-refractivity contribution < 1.29 is 14.3 Å². The van der Waals surface area contributed by atoms with Crippen LogP contribution in [0.4, 0.5) is 0 Å². The van der Waals surface area contributed by atoms with E-state index in [1.54, 1.807) is 0 Å². The summed E-state index contributed by atoms with van der Waals surface area (Å²) in [7, 11) is 0. The summed E-state index contributed by atoms with van der Waals surface area (Å²) >= 11 is 0. The van der Waals surface area contributed by atoms with Gasteiger partial charge >= 0.3 is 0 Å². The lowest BCUT2D eigenvalue weighted by molar-refractivity contribution is -0.120. The van der Waals surface area contributed by atoms with Crippen molar-refractivity contribution in [2.45, 2.75) is 26.8 Å². The van der Waals surface area contributed by atoms with Crippen molar-refractivity contribution >= 4 is 5.91 Å². The zero-order valence-corrected chi connectivity index (χ0v) is 14.5. The summed E-state index contributed by atoms with van der Waals surface area (Å²) in [6.07, 6.45) is -0.123. The van der Waals surface area contributed by atoms with Gasteiger partial charge in [0.25, 0.3) is 0 Å². The maximum absolute atomic E-state index is 11.2. The molecular formula is C20H22N2O3. The second kappa shape index (κ2) is 9.33. The van der Waals surface area contributed by atoms with Gasteiger partial charge in [0, 0.05) is 6.54 Å². The zero-order valence-electron chi connectivity index (χ0n) is 14.5. The van der Waals surface area contributed by atoms with Gasteiger partial charge in [-0.3, -0.25) is 4.79 Å². The molecule has 0 aromatic heterocycles. The molecule has 5 heteroatoms. The Morgan fingerprint density at radius 2 is 1.80 bits per heavy atom. The minimum atomic E-state index is -0.272. The van der Waals surface area contributed by atoms with Gasteiger partial charge in [0.05, 0.1) is 6.07 Å². The van der Waals surface area contributed by atoms with Crippen molar-refractivity contribution in [3.8, 4) is 17.6 Å². The van der Waals surface area contributed by atoms with Crippen molar-refractivity contribution in [1.29, 1.82) is 5.26 Å². The van der Waals surface area contributed by atoms with Gasteiger partial charge in [0.1, 0.15) is 31.1 Å². The zero-order chi connectivity index (χ0) is 18.1. The third-order valence-corrected chi connectivity index (χ3v) is 3.61. The van der Waals surface area contributed by atoms with Crippen molar-refractivity contribution in [3.05, 3.63) is 59.2 Å². The number of aryl methyl sites for hydroxylation is 2. The first-order valence-corrected chi connectivity index (χ1v) is 8.14. The smallest absolute Gasteiger partial charge is 0.234 e. The molecule has 0 unspecified atom stereocenters. The number of hydrogen-bond acceptors (Lipinski definition) is 4. The highest BCUT2D eigenvalue weighted by atomic mass is 16.5. The Kier molecular flexibility index (Phi) is 6.85. The van der Waals surface area contributed by atoms with Crippen molar-refractivity contribution in [2.75, 3.05) is 13.2 Å². The van der Waals surface area contributed by atoms with Crippen LogP contribution in [0.2, 0.25) is 0 Å². The van der Waals surface area contributed by atoms with Gasteiger partial charge in [-0.1, -0.05) is 24.3 Å². The summed E-state index contributed by atoms with van der Waals surface area (Å²) < 4.78 is 11.4. The molecule has 0 aliphatic heterocycles. The highest BCUT2D eigenvalue weighted by Gasteiger charge is 2.02. The van der Waals surface area contributed by atoms with E-state index in [2.05, 4.69) is 11.4 Å². The Morgan fingerprint density at radius 3 is 2.52 bits per heavy atom. The van der Waals surface area contributed by atoms with Gasteiger partial charge in [-0.25, -0.2) is 0 Å². The minimum Gasteiger partial charge on any atom is -0.490 e. The Hall–Kier alpha value is -3.00. The molecule has 1 amide bonds. The molecule has 0 radical (unpaired) electrons. The largest absolute Gasteiger partial charge is 0.490 e. The van der Waals surface area contributed by atoms with E-state index in [1.165, 1.54) is 5.56 Å². The molecule has 25 heavy (non-hydrogen) atoms. The number of hydrogen-bond donors (Lipinski definition) is 1. The second-order valence-corrected chi connectivity index (χ2v) is 5.72. The topological polar surface area (TPSA) is 71.3 Å². The first-order valence-electron chi connectivity index (χ1n) is 8.14. The summed E-state index contributed by atoms with van der Waals surface area (Å²) in [5.74, 6) is 1.36. The maximum Gasteiger partial charge on any atom is 0.234 e. The van der Waals surface area contributed by atoms with Crippen LogP contribution >= 0.6 is 0 Å². The van der Waals surface area contributed by atoms with Crippen LogP contribution in [0.25, 0.3) is 0 Å². The number of benzene rings is 2. The van der Waals surface area contributed by atoms with E-state index in [9.17, 15) is 4.79 Å². The predicted molar refractivity (Wildman–Crippen MR) is 95.4 cm³/mol. The fourth-order valence-corrected chi connectivity index (χ4v) is 2.21. The first-order chi connectivity index (χ1) is 12.1. The molecule has 2 aromatic carbocycles. The fourth-order valence-electron chi connectivity index (χ4n) is 2.21. The molecule has 5 nitrogen and oxygen atoms in total. The molecular weight excluding hydrogens is 316 g/mol. The summed E-state index contributed by atoms with van der Waals surface area (Å²) in [4.78, 5) is 11.2. The Morgan fingerprint density at radius 1 is 1.08 bits per heavy atom. The molecule has 0 spiro atoms. The van der Waals surface area contributed by atoms with E-state index in [-0.39, 0.29) is 12.3 Å². The number of nitrogens with one attached hydrogen (secondary N) is 1. The molecule has 0 bridgehead atoms. The van der Waals surface area contributed by atoms with E-state index in [1.807, 2.05) is 56.3 Å². The van der Waals surface area contributed by atoms with Gasteiger partial charge in [-0.05, 0) is 48.7 Å². The normalized spacial score (nSPS) is 9.96. The average molecular weight is 338 g/mol. The number of nitrogens with zero attached hydrogens (tertiary/aromatic N) is 1. The maximum atomic E-state index is 11.2. The van der Waals surface area contributed by atoms with Crippen LogP contribution < -0.4 is 14.8 Å². The summed E-state index contributed by atoms with van der Waals surface area (Å²) in [5.41, 5.74) is 3.22. The van der Waals surface area contributed by atoms with Crippen LogP contribution in [-0.2, 0) is 11.3 Å². The Balaban J connectivity index is 1.73. The second-order valence-electron chi connectivity index (χ2n) is 5.72. The van der Waals surface area contributed by atoms with E-state index in [0.29, 0.717) is 19.8 Å². The molecule has 2 aromatic rings. The van der Waals surface area contributed by atoms with Gasteiger partial charge in [0.2, 0.25) is 5.91 Å². The molecule has 0 heterocycles. The molecule has 0 atom stereocenters. The lowest BCUT2D eigenvalue weighted by Crippen LogP contribution is -2.21. The SMILES string of the molecule is Cc1ccc(C)c(OCCOc2ccc(CNC(=O)CC#N)cc2)c1. The molecule has 0 saturated heterocycles. The Bertz CT molecular complexity index is 749. The quantitative estimate of drug-likeness (QED) is 0.750. The van der Waals surface area contributed by atoms with Crippen LogP contribution in [0, 0.1) is 25.2 Å². The standard InChI is InChI=1S/C20H22N2O3/c1-15-3-4-16(2)19(13-15)25-12-11-24-18-7-5-17(6-8-18)14-22-20(23)9-10-21/h3-8,13H,9,11-12,14H2,1-2H3,(H,22,23). The van der Waals surface area contributed by atoms with Crippen LogP contribution in [0.3, 0.4) is 0 Å². The first kappa shape index (κ1) is 18.3. The highest BCUT2D eigenvalue weighted by Crippen LogP contribution is 2.19. The lowest BCUT2D eigenvalue weighted by Gasteiger charge is -2.11. The molecule has 2 rings (SSSR count). The summed E-state index contributed by atoms with van der Waals surface area (Å²) in [5, 5.41) is 11.1. The Labute approximate surface area is 148 Å². The van der Waals surface area contributed by atoms with Crippen LogP contribution in [-0.4, -0.2) is 19.1 Å². The number of carbonyl (C=O) groups excluding carboxylic acids is 1. The van der Waals surface area contributed by atoms with Gasteiger partial charge in [0.15, 0.2) is 0 Å². The number of carbonyl (C=O) groups is 1. The van der Waals surface area contributed by atoms with Crippen molar-refractivity contribution in [3.63, 3.8) is 0 Å². The third-order valence-electron chi connectivity index (χ3n) is 3.61. The van der Waals surface area contributed by atoms with E-state index in [0.717, 1.165) is 22.6 Å². The number of nitriles is 1. The average Bonchev–Trinajstić information content (AvgIpc) is 2.61. The molecule has 0 fully saturated rings. The third kappa shape index (κ3) is 6.19. The van der Waals surface area contributed by atoms with Gasteiger partial charge in [-0.2, -0.15) is 5.26 Å². The molecule has 0 aliphatic carbocycles. The predicted octanol–water partition coefficient (Wildman–Crippen LogP) is 3.29.